The minimum atomic E-state index is 0.304. The van der Waals surface area contributed by atoms with Gasteiger partial charge in [-0.15, -0.1) is 0 Å². The summed E-state index contributed by atoms with van der Waals surface area (Å²) in [5.74, 6) is 1.57. The number of hydrazone groups is 1. The van der Waals surface area contributed by atoms with Gasteiger partial charge in [-0.2, -0.15) is 25.4 Å². The van der Waals surface area contributed by atoms with Crippen molar-refractivity contribution in [2.45, 2.75) is 78.2 Å². The average Bonchev–Trinajstić information content (AvgIpc) is 3.94. The van der Waals surface area contributed by atoms with Gasteiger partial charge in [0.2, 0.25) is 0 Å². The maximum atomic E-state index is 8.77. The third-order valence-electron chi connectivity index (χ3n) is 9.92. The molecule has 1 atom stereocenters. The van der Waals surface area contributed by atoms with Crippen LogP contribution < -0.4 is 0 Å². The number of benzene rings is 2. The van der Waals surface area contributed by atoms with E-state index in [1.54, 1.807) is 11.1 Å². The van der Waals surface area contributed by atoms with Crippen molar-refractivity contribution in [3.05, 3.63) is 145 Å². The minimum Gasteiger partial charge on any atom is -0.373 e. The Morgan fingerprint density at radius 1 is 0.926 bits per heavy atom. The number of nitrogens with zero attached hydrogens (tertiary/aromatic N) is 9. The van der Waals surface area contributed by atoms with E-state index in [-0.39, 0.29) is 0 Å². The number of allylic oxidation sites excluding steroid dienone is 5. The first-order valence-corrected chi connectivity index (χ1v) is 18.9. The Kier molecular flexibility index (Phi) is 16.8. The van der Waals surface area contributed by atoms with E-state index in [1.165, 1.54) is 36.8 Å². The summed E-state index contributed by atoms with van der Waals surface area (Å²) in [6.45, 7) is 30.7. The fraction of sp³-hybridized carbons (Fsp3) is 0.378. The van der Waals surface area contributed by atoms with E-state index >= 15 is 0 Å². The summed E-state index contributed by atoms with van der Waals surface area (Å²) in [6, 6.07) is 16.4. The first kappa shape index (κ1) is 42.8. The smallest absolute Gasteiger partial charge is 0.128 e. The lowest BCUT2D eigenvalue weighted by Gasteiger charge is -2.26. The van der Waals surface area contributed by atoms with Gasteiger partial charge in [-0.25, -0.2) is 5.01 Å². The van der Waals surface area contributed by atoms with Crippen LogP contribution in [0.4, 0.5) is 0 Å². The summed E-state index contributed by atoms with van der Waals surface area (Å²) in [7, 11) is 5.89. The van der Waals surface area contributed by atoms with Crippen molar-refractivity contribution in [2.75, 3.05) is 27.2 Å². The van der Waals surface area contributed by atoms with Crippen LogP contribution in [0.2, 0.25) is 0 Å². The summed E-state index contributed by atoms with van der Waals surface area (Å²) in [5.41, 5.74) is 9.20. The lowest BCUT2D eigenvalue weighted by molar-refractivity contribution is 0.260. The van der Waals surface area contributed by atoms with E-state index in [0.29, 0.717) is 6.04 Å². The number of rotatable bonds is 14. The molecular weight excluding hydrogens is 667 g/mol. The Bertz CT molecular complexity index is 1860. The van der Waals surface area contributed by atoms with Crippen LogP contribution in [0.25, 0.3) is 11.0 Å². The van der Waals surface area contributed by atoms with E-state index in [9.17, 15) is 0 Å². The zero-order valence-electron chi connectivity index (χ0n) is 33.8. The first-order chi connectivity index (χ1) is 25.8. The third kappa shape index (κ3) is 12.5. The number of fused-ring (bicyclic) bond motifs is 1. The van der Waals surface area contributed by atoms with Crippen molar-refractivity contribution >= 4 is 17.4 Å². The molecule has 0 saturated heterocycles. The maximum Gasteiger partial charge on any atom is 0.128 e. The molecule has 2 heterocycles. The van der Waals surface area contributed by atoms with Gasteiger partial charge in [0.15, 0.2) is 0 Å². The predicted molar refractivity (Wildman–Crippen MR) is 227 cm³/mol. The van der Waals surface area contributed by atoms with E-state index in [4.69, 9.17) is 5.26 Å². The number of aromatic nitrogens is 3. The molecule has 5 rings (SSSR count). The fourth-order valence-corrected chi connectivity index (χ4v) is 5.99. The van der Waals surface area contributed by atoms with Crippen molar-refractivity contribution in [3.8, 4) is 6.07 Å². The van der Waals surface area contributed by atoms with Crippen LogP contribution in [-0.2, 0) is 7.05 Å². The van der Waals surface area contributed by atoms with Crippen molar-refractivity contribution in [3.63, 3.8) is 0 Å². The van der Waals surface area contributed by atoms with Crippen molar-refractivity contribution in [1.82, 2.24) is 34.7 Å². The second-order valence-electron chi connectivity index (χ2n) is 14.0. The van der Waals surface area contributed by atoms with E-state index in [1.807, 2.05) is 91.8 Å². The monoisotopic (exact) mass is 728 g/mol. The van der Waals surface area contributed by atoms with Gasteiger partial charge in [-0.1, -0.05) is 89.4 Å². The molecule has 54 heavy (non-hydrogen) atoms. The van der Waals surface area contributed by atoms with Gasteiger partial charge in [0.25, 0.3) is 0 Å². The van der Waals surface area contributed by atoms with Crippen LogP contribution in [0.15, 0.2) is 133 Å². The molecule has 2 aliphatic rings. The highest BCUT2D eigenvalue weighted by Gasteiger charge is 2.24. The normalized spacial score (nSPS) is 14.4. The van der Waals surface area contributed by atoms with Gasteiger partial charge >= 0.3 is 0 Å². The van der Waals surface area contributed by atoms with E-state index in [0.717, 1.165) is 76.9 Å². The Hall–Kier alpha value is -5.62. The van der Waals surface area contributed by atoms with Crippen LogP contribution in [-0.4, -0.2) is 74.3 Å². The van der Waals surface area contributed by atoms with Gasteiger partial charge in [0, 0.05) is 51.3 Å². The van der Waals surface area contributed by atoms with Gasteiger partial charge in [-0.3, -0.25) is 4.90 Å². The van der Waals surface area contributed by atoms with Gasteiger partial charge in [-0.05, 0) is 99.1 Å². The Morgan fingerprint density at radius 3 is 2.02 bits per heavy atom. The van der Waals surface area contributed by atoms with E-state index in [2.05, 4.69) is 97.8 Å². The summed E-state index contributed by atoms with van der Waals surface area (Å²) in [4.78, 5) is 7.70. The molecule has 286 valence electrons. The van der Waals surface area contributed by atoms with Gasteiger partial charge in [0.1, 0.15) is 23.2 Å². The van der Waals surface area contributed by atoms with Crippen LogP contribution >= 0.6 is 0 Å². The van der Waals surface area contributed by atoms with Gasteiger partial charge in [0.05, 0.1) is 17.7 Å². The second-order valence-corrected chi connectivity index (χ2v) is 14.0. The molecule has 0 amide bonds. The summed E-state index contributed by atoms with van der Waals surface area (Å²) >= 11 is 0. The average molecular weight is 728 g/mol. The lowest BCUT2D eigenvalue weighted by atomic mass is 9.92. The topological polar surface area (TPSA) is 79.8 Å². The lowest BCUT2D eigenvalue weighted by Crippen LogP contribution is -2.29. The molecule has 2 aromatic carbocycles. The minimum absolute atomic E-state index is 0.304. The van der Waals surface area contributed by atoms with Crippen molar-refractivity contribution in [1.29, 1.82) is 5.26 Å². The highest BCUT2D eigenvalue weighted by molar-refractivity contribution is 5.72. The molecule has 1 saturated carbocycles. The Balaban J connectivity index is 0.000000262. The second kappa shape index (κ2) is 21.2. The Morgan fingerprint density at radius 2 is 1.50 bits per heavy atom. The molecule has 0 radical (unpaired) electrons. The summed E-state index contributed by atoms with van der Waals surface area (Å²) < 4.78 is 0. The SMILES string of the molecule is C=C(/C=C\C(=C)N(C)CCN(C)C(=C)/C=C\C(=C)N1C=NN(C(C)CC)C1=C)CC.Cc1cc(C#N)ccc1C1CCCC1.Cn1nc2ccccc2n1. The third-order valence-corrected chi connectivity index (χ3v) is 9.92. The number of hydrogen-bond donors (Lipinski definition) is 0. The molecule has 9 heteroatoms. The molecule has 3 aromatic rings. The number of aryl methyl sites for hydroxylation is 2. The maximum absolute atomic E-state index is 8.77. The molecule has 1 unspecified atom stereocenters. The molecule has 0 N–H and O–H groups in total. The van der Waals surface area contributed by atoms with Crippen LogP contribution in [0.1, 0.15) is 81.9 Å². The van der Waals surface area contributed by atoms with E-state index < -0.39 is 0 Å². The number of hydrogen-bond acceptors (Lipinski definition) is 8. The standard InChI is InChI=1S/C25H39N5.C13H15N.C7H7N3/c1-11-20(3)13-14-22(5)27(9)17-18-28(10)23(6)15-16-24(7)29-19-26-30(25(29)8)21(4)12-2;1-10-8-11(9-14)6-7-13(10)12-4-2-3-5-12;1-10-8-6-4-2-3-5-7(6)9-10/h13-16,19,21H,3,5-8,11-12,17-18H2,1-2,4,9-10H3;6-8,12H,2-5H2,1H3;2-5H,1H3/b14-13-,16-15-;;. The quantitative estimate of drug-likeness (QED) is 0.153. The Labute approximate surface area is 324 Å². The molecule has 1 aliphatic heterocycles. The zero-order chi connectivity index (χ0) is 39.8. The molecule has 0 bridgehead atoms. The first-order valence-electron chi connectivity index (χ1n) is 18.9. The van der Waals surface area contributed by atoms with Gasteiger partial charge < -0.3 is 9.80 Å². The number of nitriles is 1. The van der Waals surface area contributed by atoms with Crippen LogP contribution in [0, 0.1) is 18.3 Å². The highest BCUT2D eigenvalue weighted by Crippen LogP contribution is 2.35. The molecular formula is C45H61N9. The largest absolute Gasteiger partial charge is 0.373 e. The summed E-state index contributed by atoms with van der Waals surface area (Å²) in [6.07, 6.45) is 17.0. The predicted octanol–water partition coefficient (Wildman–Crippen LogP) is 9.79. The number of likely N-dealkylation sites (N-methyl/N-ethyl adjacent to an activating group) is 2. The molecule has 1 aromatic heterocycles. The zero-order valence-corrected chi connectivity index (χ0v) is 33.8. The molecule has 1 fully saturated rings. The molecule has 0 spiro atoms. The van der Waals surface area contributed by atoms with Crippen LogP contribution in [0.3, 0.4) is 0 Å². The van der Waals surface area contributed by atoms with Crippen molar-refractivity contribution in [2.24, 2.45) is 12.1 Å². The molecule has 1 aliphatic carbocycles. The summed E-state index contributed by atoms with van der Waals surface area (Å²) in [5, 5.41) is 23.4. The fourth-order valence-electron chi connectivity index (χ4n) is 5.99. The highest BCUT2D eigenvalue weighted by atomic mass is 15.6. The van der Waals surface area contributed by atoms with Crippen molar-refractivity contribution < 1.29 is 0 Å². The van der Waals surface area contributed by atoms with Crippen LogP contribution in [0.5, 0.6) is 0 Å². The molecule has 9 nitrogen and oxygen atoms in total.